The molecular formula is C23H25ClFN5OS. The summed E-state index contributed by atoms with van der Waals surface area (Å²) in [4.78, 5) is 15.1. The molecule has 1 aliphatic heterocycles. The van der Waals surface area contributed by atoms with E-state index in [2.05, 4.69) is 20.4 Å². The highest BCUT2D eigenvalue weighted by Gasteiger charge is 2.26. The molecule has 2 atom stereocenters. The molecule has 0 aliphatic carbocycles. The Kier molecular flexibility index (Phi) is 7.01. The maximum Gasteiger partial charge on any atom is 0.233 e. The number of rotatable bonds is 7. The molecule has 1 fully saturated rings. The molecular weight excluding hydrogens is 449 g/mol. The quantitative estimate of drug-likeness (QED) is 0.488. The monoisotopic (exact) mass is 473 g/mol. The van der Waals surface area contributed by atoms with E-state index in [4.69, 9.17) is 11.6 Å². The molecule has 3 aromatic rings. The van der Waals surface area contributed by atoms with Gasteiger partial charge in [0.2, 0.25) is 11.9 Å². The van der Waals surface area contributed by atoms with Crippen LogP contribution in [0.5, 0.6) is 0 Å². The highest BCUT2D eigenvalue weighted by molar-refractivity contribution is 8.00. The van der Waals surface area contributed by atoms with Gasteiger partial charge in [-0.25, -0.2) is 4.39 Å². The molecule has 2 heterocycles. The van der Waals surface area contributed by atoms with Gasteiger partial charge in [-0.2, -0.15) is 0 Å². The van der Waals surface area contributed by atoms with E-state index < -0.39 is 5.25 Å². The number of carbonyl (C=O) groups is 1. The first-order chi connectivity index (χ1) is 15.4. The number of nitrogens with one attached hydrogen (secondary N) is 1. The molecule has 4 rings (SSSR count). The molecule has 0 spiro atoms. The Labute approximate surface area is 196 Å². The van der Waals surface area contributed by atoms with Gasteiger partial charge in [-0.15, -0.1) is 10.2 Å². The summed E-state index contributed by atoms with van der Waals surface area (Å²) < 4.78 is 15.1. The average molecular weight is 474 g/mol. The lowest BCUT2D eigenvalue weighted by molar-refractivity contribution is -0.120. The molecule has 2 aromatic carbocycles. The maximum atomic E-state index is 13.2. The minimum absolute atomic E-state index is 0.129. The van der Waals surface area contributed by atoms with E-state index in [1.165, 1.54) is 23.9 Å². The lowest BCUT2D eigenvalue weighted by atomic mass is 10.1. The second-order valence-electron chi connectivity index (χ2n) is 7.83. The molecule has 1 N–H and O–H groups in total. The third-order valence-electron chi connectivity index (χ3n) is 5.45. The Morgan fingerprint density at radius 3 is 2.53 bits per heavy atom. The van der Waals surface area contributed by atoms with Crippen molar-refractivity contribution < 1.29 is 9.18 Å². The van der Waals surface area contributed by atoms with Gasteiger partial charge in [-0.1, -0.05) is 41.6 Å². The van der Waals surface area contributed by atoms with E-state index in [0.29, 0.717) is 10.2 Å². The summed E-state index contributed by atoms with van der Waals surface area (Å²) in [6.07, 6.45) is 2.23. The fourth-order valence-corrected chi connectivity index (χ4v) is 4.74. The maximum absolute atomic E-state index is 13.2. The van der Waals surface area contributed by atoms with Crippen molar-refractivity contribution in [2.75, 3.05) is 18.0 Å². The number of anilines is 1. The van der Waals surface area contributed by atoms with Crippen molar-refractivity contribution in [3.8, 4) is 5.69 Å². The van der Waals surface area contributed by atoms with Crippen molar-refractivity contribution in [2.45, 2.75) is 43.1 Å². The van der Waals surface area contributed by atoms with Crippen LogP contribution in [0.2, 0.25) is 5.02 Å². The van der Waals surface area contributed by atoms with E-state index in [-0.39, 0.29) is 17.8 Å². The van der Waals surface area contributed by atoms with Crippen LogP contribution < -0.4 is 10.2 Å². The fraction of sp³-hybridized carbons (Fsp3) is 0.348. The highest BCUT2D eigenvalue weighted by Crippen LogP contribution is 2.31. The Balaban J connectivity index is 1.54. The Morgan fingerprint density at radius 1 is 1.12 bits per heavy atom. The van der Waals surface area contributed by atoms with Gasteiger partial charge >= 0.3 is 0 Å². The van der Waals surface area contributed by atoms with Crippen molar-refractivity contribution in [3.05, 3.63) is 64.9 Å². The third kappa shape index (κ3) is 5.07. The van der Waals surface area contributed by atoms with E-state index in [9.17, 15) is 9.18 Å². The summed E-state index contributed by atoms with van der Waals surface area (Å²) in [6, 6.07) is 13.4. The molecule has 2 unspecified atom stereocenters. The summed E-state index contributed by atoms with van der Waals surface area (Å²) in [5.41, 5.74) is 1.70. The largest absolute Gasteiger partial charge is 0.349 e. The number of aromatic nitrogens is 3. The molecule has 32 heavy (non-hydrogen) atoms. The van der Waals surface area contributed by atoms with Crippen LogP contribution in [0.1, 0.15) is 38.3 Å². The van der Waals surface area contributed by atoms with Gasteiger partial charge in [-0.3, -0.25) is 9.36 Å². The third-order valence-corrected chi connectivity index (χ3v) is 6.73. The predicted octanol–water partition coefficient (Wildman–Crippen LogP) is 5.02. The van der Waals surface area contributed by atoms with Crippen molar-refractivity contribution >= 4 is 35.2 Å². The SMILES string of the molecule is CC(Sc1nnc(N2CCCC2)n1-c1cccc(Cl)c1)C(=O)NC(C)c1ccc(F)cc1. The lowest BCUT2D eigenvalue weighted by Gasteiger charge is -2.20. The van der Waals surface area contributed by atoms with E-state index in [0.717, 1.165) is 43.1 Å². The van der Waals surface area contributed by atoms with Gasteiger partial charge in [-0.05, 0) is 62.6 Å². The van der Waals surface area contributed by atoms with Crippen LogP contribution in [-0.4, -0.2) is 39.0 Å². The first-order valence-electron chi connectivity index (χ1n) is 10.6. The number of thioether (sulfide) groups is 1. The van der Waals surface area contributed by atoms with Crippen LogP contribution in [0.3, 0.4) is 0 Å². The first kappa shape index (κ1) is 22.6. The molecule has 9 heteroatoms. The fourth-order valence-electron chi connectivity index (χ4n) is 3.68. The van der Waals surface area contributed by atoms with E-state index in [1.807, 2.05) is 42.7 Å². The smallest absolute Gasteiger partial charge is 0.233 e. The van der Waals surface area contributed by atoms with Crippen molar-refractivity contribution in [1.29, 1.82) is 0 Å². The van der Waals surface area contributed by atoms with Gasteiger partial charge in [0.25, 0.3) is 0 Å². The zero-order chi connectivity index (χ0) is 22.7. The Hall–Kier alpha value is -2.58. The van der Waals surface area contributed by atoms with Crippen LogP contribution in [0.25, 0.3) is 5.69 Å². The molecule has 168 valence electrons. The number of amides is 1. The second kappa shape index (κ2) is 9.92. The van der Waals surface area contributed by atoms with Crippen LogP contribution in [-0.2, 0) is 4.79 Å². The minimum Gasteiger partial charge on any atom is -0.349 e. The van der Waals surface area contributed by atoms with Crippen molar-refractivity contribution in [2.24, 2.45) is 0 Å². The summed E-state index contributed by atoms with van der Waals surface area (Å²) in [5.74, 6) is 0.333. The molecule has 1 amide bonds. The van der Waals surface area contributed by atoms with Gasteiger partial charge in [0, 0.05) is 18.1 Å². The standard InChI is InChI=1S/C23H25ClFN5OS/c1-15(17-8-10-19(25)11-9-17)26-21(31)16(2)32-23-28-27-22(29-12-3-4-13-29)30(23)20-7-5-6-18(24)14-20/h5-11,14-16H,3-4,12-13H2,1-2H3,(H,26,31). The normalized spacial score (nSPS) is 15.6. The van der Waals surface area contributed by atoms with Crippen LogP contribution >= 0.6 is 23.4 Å². The van der Waals surface area contributed by atoms with E-state index in [1.54, 1.807) is 12.1 Å². The van der Waals surface area contributed by atoms with Gasteiger partial charge in [0.15, 0.2) is 5.16 Å². The summed E-state index contributed by atoms with van der Waals surface area (Å²) in [6.45, 7) is 5.57. The van der Waals surface area contributed by atoms with E-state index >= 15 is 0 Å². The topological polar surface area (TPSA) is 63.1 Å². The summed E-state index contributed by atoms with van der Waals surface area (Å²) >= 11 is 7.59. The number of hydrogen-bond donors (Lipinski definition) is 1. The Bertz CT molecular complexity index is 1080. The summed E-state index contributed by atoms with van der Waals surface area (Å²) in [7, 11) is 0. The average Bonchev–Trinajstić information content (AvgIpc) is 3.44. The zero-order valence-corrected chi connectivity index (χ0v) is 19.5. The number of hydrogen-bond acceptors (Lipinski definition) is 5. The number of halogens is 2. The highest BCUT2D eigenvalue weighted by atomic mass is 35.5. The van der Waals surface area contributed by atoms with Crippen molar-refractivity contribution in [3.63, 3.8) is 0 Å². The number of nitrogens with zero attached hydrogens (tertiary/aromatic N) is 4. The van der Waals surface area contributed by atoms with Crippen molar-refractivity contribution in [1.82, 2.24) is 20.1 Å². The van der Waals surface area contributed by atoms with Crippen LogP contribution in [0.4, 0.5) is 10.3 Å². The van der Waals surface area contributed by atoms with Crippen LogP contribution in [0.15, 0.2) is 53.7 Å². The molecule has 1 aliphatic rings. The first-order valence-corrected chi connectivity index (χ1v) is 11.9. The molecule has 1 saturated heterocycles. The number of carbonyl (C=O) groups excluding carboxylic acids is 1. The Morgan fingerprint density at radius 2 is 1.84 bits per heavy atom. The molecule has 0 radical (unpaired) electrons. The molecule has 0 saturated carbocycles. The van der Waals surface area contributed by atoms with Gasteiger partial charge in [0.1, 0.15) is 5.82 Å². The predicted molar refractivity (Wildman–Crippen MR) is 126 cm³/mol. The minimum atomic E-state index is -0.411. The zero-order valence-electron chi connectivity index (χ0n) is 18.0. The molecule has 1 aromatic heterocycles. The van der Waals surface area contributed by atoms with Gasteiger partial charge < -0.3 is 10.2 Å². The lowest BCUT2D eigenvalue weighted by Crippen LogP contribution is -2.33. The number of benzene rings is 2. The van der Waals surface area contributed by atoms with Gasteiger partial charge in [0.05, 0.1) is 17.0 Å². The second-order valence-corrected chi connectivity index (χ2v) is 9.58. The summed E-state index contributed by atoms with van der Waals surface area (Å²) in [5, 5.41) is 12.7. The van der Waals surface area contributed by atoms with Crippen LogP contribution in [0, 0.1) is 5.82 Å². The molecule has 0 bridgehead atoms. The molecule has 6 nitrogen and oxygen atoms in total.